The number of nitrogens with one attached hydrogen (secondary N) is 1. The number of guanidine groups is 1. The predicted octanol–water partition coefficient (Wildman–Crippen LogP) is 3.08. The van der Waals surface area contributed by atoms with Gasteiger partial charge in [0.25, 0.3) is 0 Å². The maximum absolute atomic E-state index is 6.00. The fourth-order valence-electron chi connectivity index (χ4n) is 2.35. The minimum Gasteiger partial charge on any atom is -0.474 e. The summed E-state index contributed by atoms with van der Waals surface area (Å²) < 4.78 is 6.00. The van der Waals surface area contributed by atoms with Gasteiger partial charge in [-0.2, -0.15) is 0 Å². The summed E-state index contributed by atoms with van der Waals surface area (Å²) in [5.41, 5.74) is 6.85. The first-order valence-corrected chi connectivity index (χ1v) is 7.79. The van der Waals surface area contributed by atoms with Crippen LogP contribution in [0.25, 0.3) is 0 Å². The monoisotopic (exact) mass is 418 g/mol. The Kier molecular flexibility index (Phi) is 8.52. The van der Waals surface area contributed by atoms with Crippen LogP contribution in [0.2, 0.25) is 0 Å². The summed E-state index contributed by atoms with van der Waals surface area (Å²) in [6.07, 6.45) is 6.81. The molecule has 5 nitrogen and oxygen atoms in total. The molecule has 0 bridgehead atoms. The number of hydrogen-bond acceptors (Lipinski definition) is 3. The molecule has 0 aliphatic heterocycles. The van der Waals surface area contributed by atoms with E-state index < -0.39 is 0 Å². The molecular formula is C16H27IN4O. The third-order valence-corrected chi connectivity index (χ3v) is 3.54. The maximum atomic E-state index is 6.00. The lowest BCUT2D eigenvalue weighted by Crippen LogP contribution is -2.34. The standard InChI is InChI=1S/C16H26N4O.HI/c1-12(2)10-19-16(17)20-11-13-6-5-9-18-15(13)21-14-7-3-4-8-14;/h5-6,9,12,14H,3-4,7-8,10-11H2,1-2H3,(H3,17,19,20);1H. The second kappa shape index (κ2) is 9.86. The minimum absolute atomic E-state index is 0. The van der Waals surface area contributed by atoms with Gasteiger partial charge in [-0.25, -0.2) is 9.98 Å². The molecule has 0 aromatic carbocycles. The van der Waals surface area contributed by atoms with Crippen molar-refractivity contribution in [3.8, 4) is 5.88 Å². The van der Waals surface area contributed by atoms with Crippen LogP contribution in [0.15, 0.2) is 23.3 Å². The van der Waals surface area contributed by atoms with Gasteiger partial charge < -0.3 is 15.8 Å². The number of aliphatic imine (C=N–C) groups is 1. The molecule has 1 aliphatic rings. The highest BCUT2D eigenvalue weighted by molar-refractivity contribution is 14.0. The zero-order valence-corrected chi connectivity index (χ0v) is 15.7. The van der Waals surface area contributed by atoms with Gasteiger partial charge in [-0.05, 0) is 37.7 Å². The van der Waals surface area contributed by atoms with Crippen molar-refractivity contribution >= 4 is 29.9 Å². The van der Waals surface area contributed by atoms with Crippen LogP contribution in [0.1, 0.15) is 45.1 Å². The van der Waals surface area contributed by atoms with Crippen molar-refractivity contribution in [2.24, 2.45) is 16.6 Å². The third-order valence-electron chi connectivity index (χ3n) is 3.54. The van der Waals surface area contributed by atoms with Gasteiger partial charge in [0.2, 0.25) is 5.88 Å². The van der Waals surface area contributed by atoms with Gasteiger partial charge >= 0.3 is 0 Å². The number of halogens is 1. The van der Waals surface area contributed by atoms with Crippen LogP contribution < -0.4 is 15.8 Å². The normalized spacial score (nSPS) is 15.7. The van der Waals surface area contributed by atoms with E-state index >= 15 is 0 Å². The van der Waals surface area contributed by atoms with Crippen molar-refractivity contribution in [2.75, 3.05) is 6.54 Å². The predicted molar refractivity (Wildman–Crippen MR) is 101 cm³/mol. The Hall–Kier alpha value is -1.05. The van der Waals surface area contributed by atoms with Gasteiger partial charge in [-0.15, -0.1) is 24.0 Å². The number of aromatic nitrogens is 1. The fourth-order valence-corrected chi connectivity index (χ4v) is 2.35. The van der Waals surface area contributed by atoms with Crippen LogP contribution in [0.5, 0.6) is 5.88 Å². The Morgan fingerprint density at radius 3 is 2.86 bits per heavy atom. The van der Waals surface area contributed by atoms with E-state index in [-0.39, 0.29) is 24.0 Å². The van der Waals surface area contributed by atoms with E-state index in [9.17, 15) is 0 Å². The SMILES string of the molecule is CC(C)CNC(N)=NCc1cccnc1OC1CCCC1.I. The van der Waals surface area contributed by atoms with E-state index in [2.05, 4.69) is 29.1 Å². The summed E-state index contributed by atoms with van der Waals surface area (Å²) >= 11 is 0. The molecule has 0 atom stereocenters. The third kappa shape index (κ3) is 6.37. The van der Waals surface area contributed by atoms with Gasteiger partial charge in [0, 0.05) is 18.3 Å². The molecule has 124 valence electrons. The Morgan fingerprint density at radius 1 is 1.45 bits per heavy atom. The number of pyridine rings is 1. The molecule has 0 unspecified atom stereocenters. The highest BCUT2D eigenvalue weighted by atomic mass is 127. The molecule has 22 heavy (non-hydrogen) atoms. The van der Waals surface area contributed by atoms with E-state index in [0.29, 0.717) is 30.4 Å². The van der Waals surface area contributed by atoms with Crippen LogP contribution in [0.4, 0.5) is 0 Å². The van der Waals surface area contributed by atoms with Crippen molar-refractivity contribution < 1.29 is 4.74 Å². The quantitative estimate of drug-likeness (QED) is 0.423. The molecule has 0 radical (unpaired) electrons. The minimum atomic E-state index is 0. The molecule has 1 aromatic heterocycles. The zero-order valence-electron chi connectivity index (χ0n) is 13.4. The van der Waals surface area contributed by atoms with Gasteiger partial charge in [-0.3, -0.25) is 0 Å². The van der Waals surface area contributed by atoms with E-state index in [1.807, 2.05) is 12.1 Å². The Balaban J connectivity index is 0.00000242. The number of hydrogen-bond donors (Lipinski definition) is 2. The number of nitrogens with zero attached hydrogens (tertiary/aromatic N) is 2. The molecule has 0 spiro atoms. The molecule has 6 heteroatoms. The van der Waals surface area contributed by atoms with Crippen molar-refractivity contribution in [1.82, 2.24) is 10.3 Å². The van der Waals surface area contributed by atoms with Crippen LogP contribution in [0, 0.1) is 5.92 Å². The second-order valence-electron chi connectivity index (χ2n) is 5.97. The average molecular weight is 418 g/mol. The number of ether oxygens (including phenoxy) is 1. The number of rotatable bonds is 6. The summed E-state index contributed by atoms with van der Waals surface area (Å²) in [6, 6.07) is 3.90. The average Bonchev–Trinajstić information content (AvgIpc) is 2.97. The smallest absolute Gasteiger partial charge is 0.218 e. The van der Waals surface area contributed by atoms with E-state index in [1.165, 1.54) is 12.8 Å². The molecule has 1 saturated carbocycles. The number of nitrogens with two attached hydrogens (primary N) is 1. The van der Waals surface area contributed by atoms with E-state index in [0.717, 1.165) is 24.9 Å². The summed E-state index contributed by atoms with van der Waals surface area (Å²) in [5.74, 6) is 1.71. The topological polar surface area (TPSA) is 72.5 Å². The fraction of sp³-hybridized carbons (Fsp3) is 0.625. The maximum Gasteiger partial charge on any atom is 0.218 e. The molecule has 1 fully saturated rings. The van der Waals surface area contributed by atoms with Crippen LogP contribution >= 0.6 is 24.0 Å². The largest absolute Gasteiger partial charge is 0.474 e. The van der Waals surface area contributed by atoms with Crippen LogP contribution in [0.3, 0.4) is 0 Å². The summed E-state index contributed by atoms with van der Waals surface area (Å²) in [6.45, 7) is 5.59. The van der Waals surface area contributed by atoms with Gasteiger partial charge in [0.05, 0.1) is 6.54 Å². The van der Waals surface area contributed by atoms with Crippen molar-refractivity contribution in [3.05, 3.63) is 23.9 Å². The first kappa shape index (κ1) is 19.0. The van der Waals surface area contributed by atoms with Gasteiger partial charge in [0.15, 0.2) is 5.96 Å². The Labute approximate surface area is 150 Å². The molecule has 0 saturated heterocycles. The van der Waals surface area contributed by atoms with Crippen molar-refractivity contribution in [2.45, 2.75) is 52.2 Å². The van der Waals surface area contributed by atoms with Crippen LogP contribution in [-0.2, 0) is 6.54 Å². The van der Waals surface area contributed by atoms with Crippen molar-refractivity contribution in [3.63, 3.8) is 0 Å². The molecule has 0 amide bonds. The lowest BCUT2D eigenvalue weighted by atomic mass is 10.2. The highest BCUT2D eigenvalue weighted by Gasteiger charge is 2.18. The molecule has 1 aromatic rings. The lowest BCUT2D eigenvalue weighted by Gasteiger charge is -2.14. The van der Waals surface area contributed by atoms with Crippen molar-refractivity contribution in [1.29, 1.82) is 0 Å². The summed E-state index contributed by atoms with van der Waals surface area (Å²) in [5, 5.41) is 3.11. The summed E-state index contributed by atoms with van der Waals surface area (Å²) in [7, 11) is 0. The molecule has 1 aliphatic carbocycles. The molecular weight excluding hydrogens is 391 g/mol. The highest BCUT2D eigenvalue weighted by Crippen LogP contribution is 2.25. The lowest BCUT2D eigenvalue weighted by molar-refractivity contribution is 0.199. The van der Waals surface area contributed by atoms with E-state index in [1.54, 1.807) is 6.20 Å². The first-order valence-electron chi connectivity index (χ1n) is 7.79. The molecule has 1 heterocycles. The van der Waals surface area contributed by atoms with Gasteiger partial charge in [0.1, 0.15) is 6.10 Å². The second-order valence-corrected chi connectivity index (χ2v) is 5.97. The Morgan fingerprint density at radius 2 is 2.18 bits per heavy atom. The Bertz CT molecular complexity index is 473. The first-order chi connectivity index (χ1) is 10.1. The summed E-state index contributed by atoms with van der Waals surface area (Å²) in [4.78, 5) is 8.71. The zero-order chi connectivity index (χ0) is 15.1. The van der Waals surface area contributed by atoms with Crippen LogP contribution in [-0.4, -0.2) is 23.6 Å². The molecule has 2 rings (SSSR count). The molecule has 3 N–H and O–H groups in total. The van der Waals surface area contributed by atoms with E-state index in [4.69, 9.17) is 10.5 Å². The van der Waals surface area contributed by atoms with Gasteiger partial charge in [-0.1, -0.05) is 19.9 Å².